The molecule has 0 bridgehead atoms. The Kier molecular flexibility index (Phi) is 5.15. The van der Waals surface area contributed by atoms with E-state index in [1.54, 1.807) is 24.3 Å². The number of aromatic amines is 1. The molecule has 0 aliphatic carbocycles. The van der Waals surface area contributed by atoms with Crippen molar-refractivity contribution in [1.82, 2.24) is 23.7 Å². The van der Waals surface area contributed by atoms with Crippen LogP contribution >= 0.6 is 0 Å². The maximum absolute atomic E-state index is 13.9. The lowest BCUT2D eigenvalue weighted by Gasteiger charge is -2.11. The molecule has 11 heteroatoms. The maximum atomic E-state index is 13.9. The van der Waals surface area contributed by atoms with Gasteiger partial charge < -0.3 is 10.7 Å². The van der Waals surface area contributed by atoms with Gasteiger partial charge in [0, 0.05) is 5.39 Å². The van der Waals surface area contributed by atoms with Crippen molar-refractivity contribution in [3.05, 3.63) is 102 Å². The molecule has 0 aliphatic rings. The topological polar surface area (TPSA) is 152 Å². The number of nitrogens with one attached hydrogen (secondary N) is 1. The van der Waals surface area contributed by atoms with Crippen LogP contribution in [0.5, 0.6) is 0 Å². The van der Waals surface area contributed by atoms with Crippen LogP contribution in [-0.4, -0.2) is 37.9 Å². The number of hydrogen-bond acceptors (Lipinski definition) is 7. The van der Waals surface area contributed by atoms with Crippen molar-refractivity contribution in [2.75, 3.05) is 5.73 Å². The average molecular weight is 522 g/mol. The van der Waals surface area contributed by atoms with E-state index in [4.69, 9.17) is 5.73 Å². The quantitative estimate of drug-likeness (QED) is 0.326. The molecule has 0 amide bonds. The molecule has 0 aliphatic heterocycles. The number of rotatable bonds is 5. The molecule has 0 saturated heterocycles. The summed E-state index contributed by atoms with van der Waals surface area (Å²) in [6.07, 6.45) is 1.32. The highest BCUT2D eigenvalue weighted by Crippen LogP contribution is 2.30. The molecule has 6 aromatic rings. The fraction of sp³-hybridized carbons (Fsp3) is 0.0370. The molecule has 3 heterocycles. The summed E-state index contributed by atoms with van der Waals surface area (Å²) in [6, 6.07) is 21.3. The van der Waals surface area contributed by atoms with Crippen molar-refractivity contribution in [2.24, 2.45) is 0 Å². The first-order valence-electron chi connectivity index (χ1n) is 11.5. The second-order valence-corrected chi connectivity index (χ2v) is 10.5. The summed E-state index contributed by atoms with van der Waals surface area (Å²) in [5, 5.41) is 14.1. The second kappa shape index (κ2) is 8.43. The van der Waals surface area contributed by atoms with E-state index in [0.29, 0.717) is 16.6 Å². The van der Waals surface area contributed by atoms with Crippen molar-refractivity contribution in [3.8, 4) is 11.8 Å². The Balaban J connectivity index is 1.52. The molecule has 186 valence electrons. The Morgan fingerprint density at radius 2 is 1.84 bits per heavy atom. The van der Waals surface area contributed by atoms with Crippen LogP contribution in [0.3, 0.4) is 0 Å². The van der Waals surface area contributed by atoms with Crippen molar-refractivity contribution in [1.29, 1.82) is 5.26 Å². The molecule has 3 N–H and O–H groups in total. The van der Waals surface area contributed by atoms with Gasteiger partial charge in [0.15, 0.2) is 0 Å². The molecule has 0 saturated carbocycles. The van der Waals surface area contributed by atoms with Gasteiger partial charge in [0.05, 0.1) is 50.5 Å². The van der Waals surface area contributed by atoms with Crippen molar-refractivity contribution in [2.45, 2.75) is 11.8 Å². The minimum Gasteiger partial charge on any atom is -0.383 e. The van der Waals surface area contributed by atoms with E-state index in [9.17, 15) is 18.5 Å². The van der Waals surface area contributed by atoms with E-state index >= 15 is 0 Å². The smallest absolute Gasteiger partial charge is 0.268 e. The van der Waals surface area contributed by atoms with E-state index in [1.165, 1.54) is 47.3 Å². The Morgan fingerprint density at radius 3 is 2.61 bits per heavy atom. The molecule has 3 aromatic carbocycles. The Morgan fingerprint density at radius 1 is 1.05 bits per heavy atom. The van der Waals surface area contributed by atoms with E-state index in [1.807, 2.05) is 25.1 Å². The van der Waals surface area contributed by atoms with Crippen LogP contribution in [0, 0.1) is 18.3 Å². The van der Waals surface area contributed by atoms with Gasteiger partial charge in [0.25, 0.3) is 10.0 Å². The normalized spacial score (nSPS) is 11.7. The zero-order chi connectivity index (χ0) is 26.6. The molecule has 6 rings (SSSR count). The van der Waals surface area contributed by atoms with E-state index in [2.05, 4.69) is 15.1 Å². The highest BCUT2D eigenvalue weighted by Gasteiger charge is 2.29. The number of ketones is 1. The number of benzene rings is 3. The van der Waals surface area contributed by atoms with E-state index in [0.717, 1.165) is 20.8 Å². The van der Waals surface area contributed by atoms with Crippen molar-refractivity contribution in [3.63, 3.8) is 0 Å². The van der Waals surface area contributed by atoms with Crippen LogP contribution in [0.25, 0.3) is 27.6 Å². The summed E-state index contributed by atoms with van der Waals surface area (Å²) < 4.78 is 29.9. The number of fused-ring (bicyclic) bond motifs is 2. The number of carbonyl (C=O) groups is 1. The first-order valence-corrected chi connectivity index (χ1v) is 12.9. The molecule has 38 heavy (non-hydrogen) atoms. The third-order valence-electron chi connectivity index (χ3n) is 6.28. The molecular weight excluding hydrogens is 502 g/mol. The van der Waals surface area contributed by atoms with Gasteiger partial charge in [-0.15, -0.1) is 0 Å². The summed E-state index contributed by atoms with van der Waals surface area (Å²) >= 11 is 0. The Bertz CT molecular complexity index is 2050. The minimum absolute atomic E-state index is 0.0164. The van der Waals surface area contributed by atoms with Gasteiger partial charge in [-0.05, 0) is 61.5 Å². The average Bonchev–Trinajstić information content (AvgIpc) is 3.61. The third kappa shape index (κ3) is 3.55. The fourth-order valence-corrected chi connectivity index (χ4v) is 6.04. The van der Waals surface area contributed by atoms with E-state index in [-0.39, 0.29) is 27.5 Å². The second-order valence-electron chi connectivity index (χ2n) is 8.71. The SMILES string of the molecule is Cc1nc2ccc(-n3ncc(C(=O)c4cc5cc(C#N)ccc5n4S(=O)(=O)c4ccccc4)c3N)cc2[nH]1. The predicted octanol–water partition coefficient (Wildman–Crippen LogP) is 3.93. The molecule has 0 fully saturated rings. The number of aromatic nitrogens is 5. The number of aryl methyl sites for hydroxylation is 1. The monoisotopic (exact) mass is 521 g/mol. The first-order chi connectivity index (χ1) is 18.3. The summed E-state index contributed by atoms with van der Waals surface area (Å²) in [5.41, 5.74) is 9.07. The Labute approximate surface area is 216 Å². The number of carbonyl (C=O) groups excluding carboxylic acids is 1. The molecule has 3 aromatic heterocycles. The largest absolute Gasteiger partial charge is 0.383 e. The summed E-state index contributed by atoms with van der Waals surface area (Å²) in [5.74, 6) is 0.187. The highest BCUT2D eigenvalue weighted by atomic mass is 32.2. The number of imidazole rings is 1. The van der Waals surface area contributed by atoms with Crippen molar-refractivity contribution >= 4 is 43.6 Å². The highest BCUT2D eigenvalue weighted by molar-refractivity contribution is 7.90. The lowest BCUT2D eigenvalue weighted by molar-refractivity contribution is 0.103. The van der Waals surface area contributed by atoms with Gasteiger partial charge in [-0.1, -0.05) is 18.2 Å². The lowest BCUT2D eigenvalue weighted by Crippen LogP contribution is -2.19. The zero-order valence-electron chi connectivity index (χ0n) is 20.0. The van der Waals surface area contributed by atoms with Crippen LogP contribution in [0.2, 0.25) is 0 Å². The number of nitrogens with zero attached hydrogens (tertiary/aromatic N) is 5. The number of anilines is 1. The number of nitrogen functional groups attached to an aromatic ring is 1. The molecule has 0 radical (unpaired) electrons. The minimum atomic E-state index is -4.17. The van der Waals surface area contributed by atoms with Crippen LogP contribution < -0.4 is 5.73 Å². The van der Waals surface area contributed by atoms with Gasteiger partial charge in [0.2, 0.25) is 5.78 Å². The van der Waals surface area contributed by atoms with Gasteiger partial charge in [-0.2, -0.15) is 10.4 Å². The van der Waals surface area contributed by atoms with E-state index < -0.39 is 15.8 Å². The summed E-state index contributed by atoms with van der Waals surface area (Å²) in [7, 11) is -4.17. The number of H-pyrrole nitrogens is 1. The summed E-state index contributed by atoms with van der Waals surface area (Å²) in [4.78, 5) is 21.4. The molecule has 0 spiro atoms. The van der Waals surface area contributed by atoms with Crippen LogP contribution in [-0.2, 0) is 10.0 Å². The first kappa shape index (κ1) is 23.2. The predicted molar refractivity (Wildman–Crippen MR) is 141 cm³/mol. The zero-order valence-corrected chi connectivity index (χ0v) is 20.8. The standard InChI is InChI=1S/C27H19N7O3S/c1-16-31-22-9-8-19(13-23(22)32-16)33-27(29)21(15-30-33)26(35)25-12-18-11-17(14-28)7-10-24(18)34(25)38(36,37)20-5-3-2-4-6-20/h2-13,15H,29H2,1H3,(H,31,32). The van der Waals surface area contributed by atoms with Gasteiger partial charge >= 0.3 is 0 Å². The number of hydrogen-bond donors (Lipinski definition) is 2. The summed E-state index contributed by atoms with van der Waals surface area (Å²) in [6.45, 7) is 1.85. The third-order valence-corrected chi connectivity index (χ3v) is 8.02. The van der Waals surface area contributed by atoms with Gasteiger partial charge in [-0.3, -0.25) is 4.79 Å². The van der Waals surface area contributed by atoms with Gasteiger partial charge in [-0.25, -0.2) is 22.1 Å². The van der Waals surface area contributed by atoms with Gasteiger partial charge in [0.1, 0.15) is 17.3 Å². The molecule has 10 nitrogen and oxygen atoms in total. The number of nitriles is 1. The van der Waals surface area contributed by atoms with Crippen LogP contribution in [0.4, 0.5) is 5.82 Å². The fourth-order valence-electron chi connectivity index (χ4n) is 4.51. The number of nitrogens with two attached hydrogens (primary N) is 1. The maximum Gasteiger partial charge on any atom is 0.268 e. The lowest BCUT2D eigenvalue weighted by atomic mass is 10.1. The molecule has 0 atom stereocenters. The van der Waals surface area contributed by atoms with Crippen LogP contribution in [0.1, 0.15) is 27.4 Å². The molecular formula is C27H19N7O3S. The van der Waals surface area contributed by atoms with Crippen molar-refractivity contribution < 1.29 is 13.2 Å². The Hall–Kier alpha value is -5.21. The molecule has 0 unspecified atom stereocenters. The van der Waals surface area contributed by atoms with Crippen LogP contribution in [0.15, 0.2) is 83.9 Å².